The van der Waals surface area contributed by atoms with Crippen LogP contribution in [0.4, 0.5) is 0 Å². The second-order valence-corrected chi connectivity index (χ2v) is 4.65. The van der Waals surface area contributed by atoms with E-state index in [1.807, 2.05) is 12.3 Å². The maximum Gasteiger partial charge on any atom is 0.0608 e. The van der Waals surface area contributed by atoms with E-state index in [2.05, 4.69) is 23.3 Å². The third kappa shape index (κ3) is 1.34. The third-order valence-corrected chi connectivity index (χ3v) is 3.32. The molecule has 1 heterocycles. The summed E-state index contributed by atoms with van der Waals surface area (Å²) in [5.41, 5.74) is 2.74. The summed E-state index contributed by atoms with van der Waals surface area (Å²) in [4.78, 5) is 4.51. The maximum atomic E-state index is 4.51. The lowest BCUT2D eigenvalue weighted by Crippen LogP contribution is -2.26. The summed E-state index contributed by atoms with van der Waals surface area (Å²) in [5, 5.41) is 3.70. The second kappa shape index (κ2) is 3.06. The molecule has 3 rings (SSSR count). The van der Waals surface area contributed by atoms with E-state index in [-0.39, 0.29) is 0 Å². The molecule has 0 amide bonds. The highest BCUT2D eigenvalue weighted by Crippen LogP contribution is 2.36. The maximum absolute atomic E-state index is 4.51. The first-order valence-corrected chi connectivity index (χ1v) is 5.54. The summed E-state index contributed by atoms with van der Waals surface area (Å²) < 4.78 is 0. The van der Waals surface area contributed by atoms with E-state index in [4.69, 9.17) is 0 Å². The summed E-state index contributed by atoms with van der Waals surface area (Å²) in [6.45, 7) is 2.32. The summed E-state index contributed by atoms with van der Waals surface area (Å²) in [7, 11) is 0. The molecule has 2 atom stereocenters. The van der Waals surface area contributed by atoms with Gasteiger partial charge in [-0.3, -0.25) is 4.98 Å². The lowest BCUT2D eigenvalue weighted by Gasteiger charge is -2.17. The second-order valence-electron chi connectivity index (χ2n) is 4.65. The molecule has 1 saturated carbocycles. The smallest absolute Gasteiger partial charge is 0.0608 e. The molecule has 0 spiro atoms. The molecule has 0 aliphatic heterocycles. The molecule has 74 valence electrons. The van der Waals surface area contributed by atoms with Crippen molar-refractivity contribution in [2.45, 2.75) is 38.3 Å². The van der Waals surface area contributed by atoms with Crippen LogP contribution in [0.2, 0.25) is 0 Å². The molecule has 0 bridgehead atoms. The molecule has 1 fully saturated rings. The largest absolute Gasteiger partial charge is 0.306 e. The van der Waals surface area contributed by atoms with Crippen molar-refractivity contribution < 1.29 is 0 Å². The molecule has 1 aromatic rings. The Morgan fingerprint density at radius 3 is 3.07 bits per heavy atom. The number of hydrogen-bond acceptors (Lipinski definition) is 2. The van der Waals surface area contributed by atoms with Crippen molar-refractivity contribution in [2.75, 3.05) is 0 Å². The molecule has 1 N–H and O–H groups in total. The van der Waals surface area contributed by atoms with Gasteiger partial charge in [0.2, 0.25) is 0 Å². The number of hydrogen-bond donors (Lipinski definition) is 1. The van der Waals surface area contributed by atoms with Gasteiger partial charge in [0.25, 0.3) is 0 Å². The molecule has 1 aromatic heterocycles. The zero-order valence-electron chi connectivity index (χ0n) is 8.53. The van der Waals surface area contributed by atoms with Crippen LogP contribution < -0.4 is 5.32 Å². The first kappa shape index (κ1) is 8.42. The lowest BCUT2D eigenvalue weighted by atomic mass is 10.1. The quantitative estimate of drug-likeness (QED) is 0.768. The van der Waals surface area contributed by atoms with Crippen molar-refractivity contribution in [3.63, 3.8) is 0 Å². The minimum absolute atomic E-state index is 0.513. The van der Waals surface area contributed by atoms with Crippen LogP contribution in [0.25, 0.3) is 0 Å². The molecule has 0 saturated heterocycles. The standard InChI is InChI=1S/C12H16N2/c1-8-7-9-3-2-6-13-12(9)11(8)14-10-4-5-10/h2-3,6,8,10-11,14H,4-5,7H2,1H3. The van der Waals surface area contributed by atoms with Gasteiger partial charge < -0.3 is 5.32 Å². The van der Waals surface area contributed by atoms with E-state index in [1.54, 1.807) is 0 Å². The minimum atomic E-state index is 0.513. The van der Waals surface area contributed by atoms with Crippen LogP contribution in [0, 0.1) is 5.92 Å². The van der Waals surface area contributed by atoms with Gasteiger partial charge >= 0.3 is 0 Å². The molecule has 2 unspecified atom stereocenters. The molecule has 2 heteroatoms. The van der Waals surface area contributed by atoms with Crippen LogP contribution in [0.1, 0.15) is 37.1 Å². The van der Waals surface area contributed by atoms with Crippen molar-refractivity contribution in [2.24, 2.45) is 5.92 Å². The Bertz CT molecular complexity index is 344. The predicted octanol–water partition coefficient (Wildman–Crippen LogP) is 2.07. The molecule has 2 aliphatic rings. The predicted molar refractivity (Wildman–Crippen MR) is 56.0 cm³/mol. The fourth-order valence-electron chi connectivity index (χ4n) is 2.38. The van der Waals surface area contributed by atoms with Crippen LogP contribution in [0.5, 0.6) is 0 Å². The Labute approximate surface area is 84.7 Å². The number of nitrogens with one attached hydrogen (secondary N) is 1. The Morgan fingerprint density at radius 1 is 1.43 bits per heavy atom. The molecular weight excluding hydrogens is 172 g/mol. The molecular formula is C12H16N2. The van der Waals surface area contributed by atoms with E-state index in [1.165, 1.54) is 30.5 Å². The highest BCUT2D eigenvalue weighted by atomic mass is 15.0. The normalized spacial score (nSPS) is 30.4. The molecule has 0 aromatic carbocycles. The zero-order valence-corrected chi connectivity index (χ0v) is 8.53. The summed E-state index contributed by atoms with van der Waals surface area (Å²) in [6, 6.07) is 5.55. The summed E-state index contributed by atoms with van der Waals surface area (Å²) >= 11 is 0. The molecule has 14 heavy (non-hydrogen) atoms. The molecule has 2 aliphatic carbocycles. The molecule has 0 radical (unpaired) electrons. The average molecular weight is 188 g/mol. The first-order valence-electron chi connectivity index (χ1n) is 5.54. The number of fused-ring (bicyclic) bond motifs is 1. The first-order chi connectivity index (χ1) is 6.84. The van der Waals surface area contributed by atoms with Crippen molar-refractivity contribution in [3.8, 4) is 0 Å². The Kier molecular flexibility index (Phi) is 1.84. The van der Waals surface area contributed by atoms with Gasteiger partial charge in [0.05, 0.1) is 11.7 Å². The Hall–Kier alpha value is -0.890. The highest BCUT2D eigenvalue weighted by molar-refractivity contribution is 5.29. The highest BCUT2D eigenvalue weighted by Gasteiger charge is 2.34. The summed E-state index contributed by atoms with van der Waals surface area (Å²) in [5.74, 6) is 0.709. The van der Waals surface area contributed by atoms with Gasteiger partial charge in [0.1, 0.15) is 0 Å². The van der Waals surface area contributed by atoms with Crippen LogP contribution in [-0.4, -0.2) is 11.0 Å². The fourth-order valence-corrected chi connectivity index (χ4v) is 2.38. The van der Waals surface area contributed by atoms with E-state index in [9.17, 15) is 0 Å². The van der Waals surface area contributed by atoms with E-state index >= 15 is 0 Å². The van der Waals surface area contributed by atoms with Crippen molar-refractivity contribution in [1.82, 2.24) is 10.3 Å². The van der Waals surface area contributed by atoms with Crippen LogP contribution in [0.15, 0.2) is 18.3 Å². The minimum Gasteiger partial charge on any atom is -0.306 e. The van der Waals surface area contributed by atoms with Crippen LogP contribution >= 0.6 is 0 Å². The van der Waals surface area contributed by atoms with Gasteiger partial charge in [-0.25, -0.2) is 0 Å². The van der Waals surface area contributed by atoms with Crippen molar-refractivity contribution in [1.29, 1.82) is 0 Å². The van der Waals surface area contributed by atoms with Crippen LogP contribution in [-0.2, 0) is 6.42 Å². The van der Waals surface area contributed by atoms with E-state index in [0.29, 0.717) is 12.0 Å². The Morgan fingerprint density at radius 2 is 2.29 bits per heavy atom. The summed E-state index contributed by atoms with van der Waals surface area (Å²) in [6.07, 6.45) is 5.81. The van der Waals surface area contributed by atoms with Crippen molar-refractivity contribution >= 4 is 0 Å². The van der Waals surface area contributed by atoms with Gasteiger partial charge in [-0.2, -0.15) is 0 Å². The van der Waals surface area contributed by atoms with Gasteiger partial charge in [-0.05, 0) is 36.8 Å². The fraction of sp³-hybridized carbons (Fsp3) is 0.583. The number of aromatic nitrogens is 1. The van der Waals surface area contributed by atoms with Gasteiger partial charge in [0.15, 0.2) is 0 Å². The van der Waals surface area contributed by atoms with Gasteiger partial charge in [-0.15, -0.1) is 0 Å². The van der Waals surface area contributed by atoms with E-state index < -0.39 is 0 Å². The lowest BCUT2D eigenvalue weighted by molar-refractivity contribution is 0.408. The third-order valence-electron chi connectivity index (χ3n) is 3.32. The van der Waals surface area contributed by atoms with Crippen LogP contribution in [0.3, 0.4) is 0 Å². The molecule has 2 nitrogen and oxygen atoms in total. The SMILES string of the molecule is CC1Cc2cccnc2C1NC1CC1. The van der Waals surface area contributed by atoms with Gasteiger partial charge in [0, 0.05) is 12.2 Å². The van der Waals surface area contributed by atoms with E-state index in [0.717, 1.165) is 6.04 Å². The average Bonchev–Trinajstić information content (AvgIpc) is 2.93. The Balaban J connectivity index is 1.88. The van der Waals surface area contributed by atoms with Gasteiger partial charge in [-0.1, -0.05) is 13.0 Å². The topological polar surface area (TPSA) is 24.9 Å². The zero-order chi connectivity index (χ0) is 9.54. The number of nitrogens with zero attached hydrogens (tertiary/aromatic N) is 1. The number of rotatable bonds is 2. The number of pyridine rings is 1. The van der Waals surface area contributed by atoms with Crippen molar-refractivity contribution in [3.05, 3.63) is 29.6 Å². The monoisotopic (exact) mass is 188 g/mol.